The van der Waals surface area contributed by atoms with Crippen molar-refractivity contribution in [2.45, 2.75) is 11.9 Å². The summed E-state index contributed by atoms with van der Waals surface area (Å²) in [6.07, 6.45) is 1.66. The Morgan fingerprint density at radius 3 is 2.85 bits per heavy atom. The molecule has 2 N–H and O–H groups in total. The summed E-state index contributed by atoms with van der Waals surface area (Å²) in [5.74, 6) is 0.323. The third kappa shape index (κ3) is 2.49. The maximum atomic E-state index is 12.6. The Hall–Kier alpha value is -1.64. The van der Waals surface area contributed by atoms with Gasteiger partial charge in [0, 0.05) is 26.3 Å². The second-order valence-electron chi connectivity index (χ2n) is 4.27. The lowest BCUT2D eigenvalue weighted by Crippen LogP contribution is -2.31. The fraction of sp³-hybridized carbons (Fsp3) is 0.417. The lowest BCUT2D eigenvalue weighted by Gasteiger charge is -2.16. The van der Waals surface area contributed by atoms with Gasteiger partial charge in [0.1, 0.15) is 5.65 Å². The van der Waals surface area contributed by atoms with Crippen LogP contribution in [0.2, 0.25) is 0 Å². The van der Waals surface area contributed by atoms with Crippen molar-refractivity contribution in [3.05, 3.63) is 24.4 Å². The predicted octanol–water partition coefficient (Wildman–Crippen LogP) is 0.379. The molecule has 20 heavy (non-hydrogen) atoms. The number of hydrogen-bond donors (Lipinski definition) is 2. The Kier molecular flexibility index (Phi) is 4.26. The largest absolute Gasteiger partial charge is 0.395 e. The van der Waals surface area contributed by atoms with Crippen molar-refractivity contribution in [1.29, 1.82) is 0 Å². The van der Waals surface area contributed by atoms with Crippen molar-refractivity contribution in [3.63, 3.8) is 0 Å². The number of likely N-dealkylation sites (N-methyl/N-ethyl adjacent to an activating group) is 1. The Labute approximate surface area is 117 Å². The molecule has 2 aromatic heterocycles. The standard InChI is InChI=1S/C12H18N4O3S/c1-3-13-11-12(20(18,19)15(2)8-9-17)16-7-5-4-6-10(16)14-11/h4-7,13,17H,3,8-9H2,1-2H3. The van der Waals surface area contributed by atoms with Crippen molar-refractivity contribution in [2.75, 3.05) is 32.1 Å². The van der Waals surface area contributed by atoms with E-state index in [1.165, 1.54) is 11.4 Å². The highest BCUT2D eigenvalue weighted by atomic mass is 32.2. The van der Waals surface area contributed by atoms with Gasteiger partial charge in [-0.25, -0.2) is 13.4 Å². The lowest BCUT2D eigenvalue weighted by molar-refractivity contribution is 0.266. The van der Waals surface area contributed by atoms with Crippen LogP contribution in [0.25, 0.3) is 5.65 Å². The summed E-state index contributed by atoms with van der Waals surface area (Å²) in [5, 5.41) is 12.0. The number of hydrogen-bond acceptors (Lipinski definition) is 5. The van der Waals surface area contributed by atoms with E-state index in [0.29, 0.717) is 18.0 Å². The molecule has 2 heterocycles. The van der Waals surface area contributed by atoms with Gasteiger partial charge in [-0.05, 0) is 19.1 Å². The first-order chi connectivity index (χ1) is 9.52. The highest BCUT2D eigenvalue weighted by Crippen LogP contribution is 2.25. The van der Waals surface area contributed by atoms with E-state index in [1.54, 1.807) is 24.4 Å². The van der Waals surface area contributed by atoms with E-state index < -0.39 is 10.0 Å². The van der Waals surface area contributed by atoms with Crippen molar-refractivity contribution in [1.82, 2.24) is 13.7 Å². The molecule has 2 rings (SSSR count). The molecule has 0 aliphatic rings. The molecule has 7 nitrogen and oxygen atoms in total. The first-order valence-electron chi connectivity index (χ1n) is 6.30. The van der Waals surface area contributed by atoms with Crippen LogP contribution in [0.15, 0.2) is 29.4 Å². The fourth-order valence-electron chi connectivity index (χ4n) is 1.91. The van der Waals surface area contributed by atoms with E-state index in [-0.39, 0.29) is 18.2 Å². The third-order valence-corrected chi connectivity index (χ3v) is 4.78. The summed E-state index contributed by atoms with van der Waals surface area (Å²) < 4.78 is 27.9. The van der Waals surface area contributed by atoms with Gasteiger partial charge in [0.25, 0.3) is 10.0 Å². The van der Waals surface area contributed by atoms with Gasteiger partial charge in [0.15, 0.2) is 10.8 Å². The molecule has 0 radical (unpaired) electrons. The predicted molar refractivity (Wildman–Crippen MR) is 76.3 cm³/mol. The number of imidazole rings is 1. The zero-order chi connectivity index (χ0) is 14.8. The van der Waals surface area contributed by atoms with Gasteiger partial charge in [0.2, 0.25) is 0 Å². The molecular formula is C12H18N4O3S. The molecule has 0 fully saturated rings. The fourth-order valence-corrected chi connectivity index (χ4v) is 3.29. The molecule has 0 aromatic carbocycles. The molecular weight excluding hydrogens is 280 g/mol. The van der Waals surface area contributed by atoms with Crippen molar-refractivity contribution < 1.29 is 13.5 Å². The summed E-state index contributed by atoms with van der Waals surface area (Å²) in [6.45, 7) is 2.24. The van der Waals surface area contributed by atoms with Crippen LogP contribution in [-0.2, 0) is 10.0 Å². The third-order valence-electron chi connectivity index (χ3n) is 2.90. The topological polar surface area (TPSA) is 86.9 Å². The van der Waals surface area contributed by atoms with Crippen LogP contribution in [0.1, 0.15) is 6.92 Å². The summed E-state index contributed by atoms with van der Waals surface area (Å²) in [5.41, 5.74) is 0.555. The number of sulfonamides is 1. The van der Waals surface area contributed by atoms with Crippen LogP contribution in [0.3, 0.4) is 0 Å². The van der Waals surface area contributed by atoms with Crippen LogP contribution in [0.5, 0.6) is 0 Å². The van der Waals surface area contributed by atoms with Crippen molar-refractivity contribution in [3.8, 4) is 0 Å². The van der Waals surface area contributed by atoms with Crippen molar-refractivity contribution in [2.24, 2.45) is 0 Å². The molecule has 2 aromatic rings. The molecule has 0 saturated carbocycles. The molecule has 8 heteroatoms. The number of fused-ring (bicyclic) bond motifs is 1. The maximum absolute atomic E-state index is 12.6. The Morgan fingerprint density at radius 1 is 1.45 bits per heavy atom. The lowest BCUT2D eigenvalue weighted by atomic mass is 10.5. The minimum Gasteiger partial charge on any atom is -0.395 e. The molecule has 0 amide bonds. The van der Waals surface area contributed by atoms with E-state index in [0.717, 1.165) is 4.31 Å². The van der Waals surface area contributed by atoms with E-state index in [2.05, 4.69) is 10.3 Å². The summed E-state index contributed by atoms with van der Waals surface area (Å²) in [7, 11) is -2.29. The van der Waals surface area contributed by atoms with Gasteiger partial charge in [0.05, 0.1) is 6.61 Å². The molecule has 0 atom stereocenters. The zero-order valence-electron chi connectivity index (χ0n) is 11.4. The number of aliphatic hydroxyl groups excluding tert-OH is 1. The van der Waals surface area contributed by atoms with E-state index >= 15 is 0 Å². The molecule has 0 aliphatic carbocycles. The van der Waals surface area contributed by atoms with E-state index in [9.17, 15) is 8.42 Å². The molecule has 0 bridgehead atoms. The second kappa shape index (κ2) is 5.78. The van der Waals surface area contributed by atoms with Gasteiger partial charge in [-0.2, -0.15) is 4.31 Å². The number of aliphatic hydroxyl groups is 1. The SMILES string of the molecule is CCNc1nc2ccccn2c1S(=O)(=O)N(C)CCO. The molecule has 0 spiro atoms. The Bertz CT molecular complexity index is 696. The van der Waals surface area contributed by atoms with Gasteiger partial charge in [-0.3, -0.25) is 4.40 Å². The van der Waals surface area contributed by atoms with Gasteiger partial charge in [-0.1, -0.05) is 6.07 Å². The normalized spacial score (nSPS) is 12.2. The Balaban J connectivity index is 2.64. The summed E-state index contributed by atoms with van der Waals surface area (Å²) >= 11 is 0. The number of pyridine rings is 1. The number of nitrogens with one attached hydrogen (secondary N) is 1. The molecule has 0 saturated heterocycles. The van der Waals surface area contributed by atoms with Gasteiger partial charge in [-0.15, -0.1) is 0 Å². The maximum Gasteiger partial charge on any atom is 0.262 e. The molecule has 0 aliphatic heterocycles. The second-order valence-corrected chi connectivity index (χ2v) is 6.24. The molecule has 110 valence electrons. The van der Waals surface area contributed by atoms with Crippen LogP contribution in [0.4, 0.5) is 5.82 Å². The quantitative estimate of drug-likeness (QED) is 0.805. The highest BCUT2D eigenvalue weighted by Gasteiger charge is 2.28. The first-order valence-corrected chi connectivity index (χ1v) is 7.74. The highest BCUT2D eigenvalue weighted by molar-refractivity contribution is 7.89. The van der Waals surface area contributed by atoms with Crippen LogP contribution in [-0.4, -0.2) is 54.0 Å². The van der Waals surface area contributed by atoms with Gasteiger partial charge >= 0.3 is 0 Å². The van der Waals surface area contributed by atoms with E-state index in [1.807, 2.05) is 6.92 Å². The summed E-state index contributed by atoms with van der Waals surface area (Å²) in [4.78, 5) is 4.29. The minimum atomic E-state index is -3.73. The first kappa shape index (κ1) is 14.8. The van der Waals surface area contributed by atoms with Crippen LogP contribution < -0.4 is 5.32 Å². The van der Waals surface area contributed by atoms with Crippen LogP contribution in [0, 0.1) is 0 Å². The average molecular weight is 298 g/mol. The minimum absolute atomic E-state index is 0.0357. The zero-order valence-corrected chi connectivity index (χ0v) is 12.3. The molecule has 0 unspecified atom stereocenters. The average Bonchev–Trinajstić information content (AvgIpc) is 2.78. The Morgan fingerprint density at radius 2 is 2.20 bits per heavy atom. The number of aromatic nitrogens is 2. The van der Waals surface area contributed by atoms with E-state index in [4.69, 9.17) is 5.11 Å². The monoisotopic (exact) mass is 298 g/mol. The van der Waals surface area contributed by atoms with Crippen molar-refractivity contribution >= 4 is 21.5 Å². The smallest absolute Gasteiger partial charge is 0.262 e. The number of rotatable bonds is 6. The van der Waals surface area contributed by atoms with Gasteiger partial charge < -0.3 is 10.4 Å². The number of nitrogens with zero attached hydrogens (tertiary/aromatic N) is 3. The summed E-state index contributed by atoms with van der Waals surface area (Å²) in [6, 6.07) is 5.28. The number of anilines is 1. The van der Waals surface area contributed by atoms with Crippen LogP contribution >= 0.6 is 0 Å².